The summed E-state index contributed by atoms with van der Waals surface area (Å²) in [5, 5.41) is 10.9. The van der Waals surface area contributed by atoms with E-state index in [0.29, 0.717) is 6.41 Å². The third kappa shape index (κ3) is 5.99. The number of allylic oxidation sites excluding steroid dienone is 2. The second-order valence-corrected chi connectivity index (χ2v) is 5.27. The van der Waals surface area contributed by atoms with Gasteiger partial charge in [-0.2, -0.15) is 0 Å². The number of amides is 1. The maximum atomic E-state index is 11.5. The minimum Gasteiger partial charge on any atom is -0.369 e. The van der Waals surface area contributed by atoms with Crippen LogP contribution in [0.5, 0.6) is 0 Å². The smallest absolute Gasteiger partial charge is 0.264 e. The summed E-state index contributed by atoms with van der Waals surface area (Å²) in [5.41, 5.74) is 0.980. The molecule has 0 aliphatic heterocycles. The Morgan fingerprint density at radius 2 is 1.88 bits per heavy atom. The van der Waals surface area contributed by atoms with Crippen LogP contribution in [0.4, 0.5) is 0 Å². The maximum absolute atomic E-state index is 11.5. The van der Waals surface area contributed by atoms with Gasteiger partial charge in [0, 0.05) is 21.0 Å². The van der Waals surface area contributed by atoms with Gasteiger partial charge in [-0.25, -0.2) is 9.98 Å². The summed E-state index contributed by atoms with van der Waals surface area (Å²) in [6.45, 7) is 3.13. The molecule has 0 saturated carbocycles. The van der Waals surface area contributed by atoms with E-state index in [9.17, 15) is 14.9 Å². The number of rotatable bonds is 6. The van der Waals surface area contributed by atoms with E-state index in [-0.39, 0.29) is 23.9 Å². The molecule has 8 nitrogen and oxygen atoms in total. The summed E-state index contributed by atoms with van der Waals surface area (Å²) in [7, 11) is 3.54. The highest BCUT2D eigenvalue weighted by atomic mass is 16.6. The zero-order valence-corrected chi connectivity index (χ0v) is 14.2. The van der Waals surface area contributed by atoms with Gasteiger partial charge in [0.15, 0.2) is 0 Å². The van der Waals surface area contributed by atoms with Crippen molar-refractivity contribution in [3.05, 3.63) is 57.4 Å². The number of carbonyl (C=O) groups excluding carboxylic acids is 1. The molecule has 0 unspecified atom stereocenters. The largest absolute Gasteiger partial charge is 0.369 e. The lowest BCUT2D eigenvalue weighted by atomic mass is 10.2. The van der Waals surface area contributed by atoms with Gasteiger partial charge in [0.1, 0.15) is 5.70 Å². The molecule has 8 heteroatoms. The van der Waals surface area contributed by atoms with E-state index in [1.54, 1.807) is 19.0 Å². The van der Waals surface area contributed by atoms with Gasteiger partial charge in [-0.3, -0.25) is 19.8 Å². The van der Waals surface area contributed by atoms with Crippen molar-refractivity contribution in [1.82, 2.24) is 9.80 Å². The predicted molar refractivity (Wildman–Crippen MR) is 93.0 cm³/mol. The van der Waals surface area contributed by atoms with E-state index < -0.39 is 4.92 Å². The molecule has 0 fully saturated rings. The first-order valence-corrected chi connectivity index (χ1v) is 7.22. The van der Waals surface area contributed by atoms with Crippen LogP contribution in [0, 0.1) is 10.1 Å². The molecule has 0 heterocycles. The van der Waals surface area contributed by atoms with Gasteiger partial charge in [0.2, 0.25) is 12.4 Å². The van der Waals surface area contributed by atoms with Gasteiger partial charge in [-0.1, -0.05) is 30.3 Å². The van der Waals surface area contributed by atoms with Gasteiger partial charge in [-0.05, 0) is 12.5 Å². The summed E-state index contributed by atoms with van der Waals surface area (Å²) < 4.78 is 0. The van der Waals surface area contributed by atoms with E-state index in [0.717, 1.165) is 5.56 Å². The van der Waals surface area contributed by atoms with Crippen LogP contribution in [-0.4, -0.2) is 47.5 Å². The van der Waals surface area contributed by atoms with Crippen molar-refractivity contribution in [3.8, 4) is 0 Å². The Labute approximate surface area is 141 Å². The SMILES string of the molecule is CC(/N=C(/N=C/N(C)C)N(C=O)Cc1ccccc1)=C(/C)[N+](=O)[O-]. The Morgan fingerprint density at radius 3 is 2.38 bits per heavy atom. The van der Waals surface area contributed by atoms with Crippen LogP contribution < -0.4 is 0 Å². The van der Waals surface area contributed by atoms with Gasteiger partial charge in [0.25, 0.3) is 5.70 Å². The van der Waals surface area contributed by atoms with Crippen molar-refractivity contribution < 1.29 is 9.72 Å². The molecule has 0 saturated heterocycles. The topological polar surface area (TPSA) is 91.4 Å². The first kappa shape index (κ1) is 19.0. The zero-order chi connectivity index (χ0) is 18.1. The fourth-order valence-corrected chi connectivity index (χ4v) is 1.63. The van der Waals surface area contributed by atoms with Crippen LogP contribution in [-0.2, 0) is 11.3 Å². The molecule has 1 aromatic rings. The Balaban J connectivity index is 3.22. The van der Waals surface area contributed by atoms with Gasteiger partial charge in [-0.15, -0.1) is 0 Å². The highest BCUT2D eigenvalue weighted by Gasteiger charge is 2.14. The van der Waals surface area contributed by atoms with Crippen molar-refractivity contribution in [1.29, 1.82) is 0 Å². The summed E-state index contributed by atoms with van der Waals surface area (Å²) in [5.74, 6) is 0.0845. The third-order valence-electron chi connectivity index (χ3n) is 3.05. The molecule has 0 aliphatic rings. The van der Waals surface area contributed by atoms with Crippen LogP contribution in [0.3, 0.4) is 0 Å². The molecule has 128 valence electrons. The molecule has 0 aliphatic carbocycles. The van der Waals surface area contributed by atoms with E-state index in [1.165, 1.54) is 25.1 Å². The summed E-state index contributed by atoms with van der Waals surface area (Å²) >= 11 is 0. The Morgan fingerprint density at radius 1 is 1.25 bits per heavy atom. The lowest BCUT2D eigenvalue weighted by Crippen LogP contribution is -2.29. The molecule has 0 atom stereocenters. The molecule has 0 aromatic heterocycles. The van der Waals surface area contributed by atoms with Crippen LogP contribution in [0.2, 0.25) is 0 Å². The second-order valence-electron chi connectivity index (χ2n) is 5.27. The normalized spacial score (nSPS) is 12.8. The Bertz CT molecular complexity index is 666. The number of hydrogen-bond acceptors (Lipinski definition) is 4. The minimum atomic E-state index is -0.519. The molecular formula is C16H21N5O3. The number of benzene rings is 1. The molecule has 24 heavy (non-hydrogen) atoms. The summed E-state index contributed by atoms with van der Waals surface area (Å²) in [4.78, 5) is 33.1. The Kier molecular flexibility index (Phi) is 7.28. The quantitative estimate of drug-likeness (QED) is 0.262. The molecule has 0 bridgehead atoms. The highest BCUT2D eigenvalue weighted by molar-refractivity contribution is 5.94. The number of hydrogen-bond donors (Lipinski definition) is 0. The number of guanidine groups is 1. The van der Waals surface area contributed by atoms with Crippen LogP contribution >= 0.6 is 0 Å². The van der Waals surface area contributed by atoms with E-state index in [4.69, 9.17) is 0 Å². The van der Waals surface area contributed by atoms with Crippen LogP contribution in [0.1, 0.15) is 19.4 Å². The number of nitro groups is 1. The fraction of sp³-hybridized carbons (Fsp3) is 0.312. The molecule has 1 rings (SSSR count). The van der Waals surface area contributed by atoms with Crippen molar-refractivity contribution in [2.24, 2.45) is 9.98 Å². The van der Waals surface area contributed by atoms with Crippen molar-refractivity contribution >= 4 is 18.7 Å². The molecule has 1 aromatic carbocycles. The van der Waals surface area contributed by atoms with Gasteiger partial charge in [0.05, 0.1) is 17.8 Å². The number of nitrogens with zero attached hydrogens (tertiary/aromatic N) is 5. The first-order chi connectivity index (χ1) is 11.3. The van der Waals surface area contributed by atoms with Crippen LogP contribution in [0.15, 0.2) is 51.7 Å². The second kappa shape index (κ2) is 9.19. The van der Waals surface area contributed by atoms with Crippen LogP contribution in [0.25, 0.3) is 0 Å². The monoisotopic (exact) mass is 331 g/mol. The Hall–Kier alpha value is -3.03. The predicted octanol–water partition coefficient (Wildman–Crippen LogP) is 2.12. The average Bonchev–Trinajstić information content (AvgIpc) is 2.56. The van der Waals surface area contributed by atoms with Crippen molar-refractivity contribution in [3.63, 3.8) is 0 Å². The minimum absolute atomic E-state index is 0.0845. The lowest BCUT2D eigenvalue weighted by Gasteiger charge is -2.17. The van der Waals surface area contributed by atoms with Gasteiger partial charge < -0.3 is 4.90 Å². The van der Waals surface area contributed by atoms with Gasteiger partial charge >= 0.3 is 0 Å². The average molecular weight is 331 g/mol. The first-order valence-electron chi connectivity index (χ1n) is 7.22. The molecule has 0 spiro atoms. The zero-order valence-electron chi connectivity index (χ0n) is 14.2. The van der Waals surface area contributed by atoms with Crippen molar-refractivity contribution in [2.45, 2.75) is 20.4 Å². The molecule has 0 radical (unpaired) electrons. The summed E-state index contributed by atoms with van der Waals surface area (Å²) in [6.07, 6.45) is 2.09. The number of carbonyl (C=O) groups is 1. The molecular weight excluding hydrogens is 310 g/mol. The van der Waals surface area contributed by atoms with E-state index >= 15 is 0 Å². The molecule has 0 N–H and O–H groups in total. The van der Waals surface area contributed by atoms with Crippen molar-refractivity contribution in [2.75, 3.05) is 14.1 Å². The molecule has 1 amide bonds. The standard InChI is InChI=1S/C16H21N5O3/c1-13(14(2)21(23)24)18-16(17-11-19(3)4)20(12-22)10-15-8-6-5-7-9-15/h5-9,11-12H,10H2,1-4H3/b14-13+,17-11+,18-16-. The fourth-order valence-electron chi connectivity index (χ4n) is 1.63. The lowest BCUT2D eigenvalue weighted by molar-refractivity contribution is -0.425. The number of aliphatic imine (C=N–C) groups is 2. The summed E-state index contributed by atoms with van der Waals surface area (Å²) in [6, 6.07) is 9.34. The third-order valence-corrected chi connectivity index (χ3v) is 3.05. The van der Waals surface area contributed by atoms with E-state index in [1.807, 2.05) is 30.3 Å². The highest BCUT2D eigenvalue weighted by Crippen LogP contribution is 2.10. The van der Waals surface area contributed by atoms with E-state index in [2.05, 4.69) is 9.98 Å². The maximum Gasteiger partial charge on any atom is 0.264 e.